The lowest BCUT2D eigenvalue weighted by Crippen LogP contribution is -2.41. The Morgan fingerprint density at radius 3 is 2.28 bits per heavy atom. The van der Waals surface area contributed by atoms with Crippen LogP contribution in [0.15, 0.2) is 91.1 Å². The summed E-state index contributed by atoms with van der Waals surface area (Å²) in [5, 5.41) is 3.72. The summed E-state index contributed by atoms with van der Waals surface area (Å²) in [6, 6.07) is 26.5. The van der Waals surface area contributed by atoms with E-state index in [1.54, 1.807) is 0 Å². The Bertz CT molecular complexity index is 1180. The Morgan fingerprint density at radius 2 is 1.53 bits per heavy atom. The summed E-state index contributed by atoms with van der Waals surface area (Å²) in [5.41, 5.74) is 3.92. The van der Waals surface area contributed by atoms with Crippen LogP contribution in [0.4, 0.5) is 4.79 Å². The second-order valence-corrected chi connectivity index (χ2v) is 8.40. The number of benzene rings is 3. The van der Waals surface area contributed by atoms with Crippen LogP contribution >= 0.6 is 11.8 Å². The maximum Gasteiger partial charge on any atom is 0.408 e. The highest BCUT2D eigenvalue weighted by molar-refractivity contribution is 8.13. The Labute approximate surface area is 191 Å². The molecule has 1 amide bonds. The zero-order valence-corrected chi connectivity index (χ0v) is 18.3. The minimum atomic E-state index is -0.703. The monoisotopic (exact) mass is 444 g/mol. The van der Waals surface area contributed by atoms with Crippen LogP contribution in [-0.4, -0.2) is 22.2 Å². The molecular formula is C26H24N2O3S. The highest BCUT2D eigenvalue weighted by atomic mass is 32.2. The number of para-hydroxylation sites is 1. The lowest BCUT2D eigenvalue weighted by molar-refractivity contribution is -0.112. The van der Waals surface area contributed by atoms with Crippen LogP contribution in [-0.2, 0) is 28.3 Å². The van der Waals surface area contributed by atoms with Crippen LogP contribution in [0.5, 0.6) is 0 Å². The molecular weight excluding hydrogens is 420 g/mol. The van der Waals surface area contributed by atoms with Gasteiger partial charge >= 0.3 is 6.09 Å². The van der Waals surface area contributed by atoms with E-state index < -0.39 is 12.1 Å². The zero-order chi connectivity index (χ0) is 22.2. The molecule has 4 aromatic rings. The van der Waals surface area contributed by atoms with Crippen molar-refractivity contribution in [2.45, 2.75) is 24.8 Å². The Balaban J connectivity index is 1.45. The van der Waals surface area contributed by atoms with Gasteiger partial charge in [0.05, 0.1) is 0 Å². The van der Waals surface area contributed by atoms with Gasteiger partial charge in [-0.1, -0.05) is 90.6 Å². The van der Waals surface area contributed by atoms with Gasteiger partial charge in [0.2, 0.25) is 5.12 Å². The summed E-state index contributed by atoms with van der Waals surface area (Å²) >= 11 is 1.20. The van der Waals surface area contributed by atoms with E-state index in [0.717, 1.165) is 27.6 Å². The smallest absolute Gasteiger partial charge is 0.408 e. The van der Waals surface area contributed by atoms with Gasteiger partial charge in [0, 0.05) is 29.3 Å². The van der Waals surface area contributed by atoms with E-state index in [0.29, 0.717) is 12.2 Å². The summed E-state index contributed by atoms with van der Waals surface area (Å²) in [6.45, 7) is 0.151. The van der Waals surface area contributed by atoms with E-state index in [1.807, 2.05) is 91.1 Å². The lowest BCUT2D eigenvalue weighted by atomic mass is 10.1. The molecule has 0 aliphatic carbocycles. The number of alkyl carbamates (subject to hydrolysis) is 1. The average Bonchev–Trinajstić information content (AvgIpc) is 3.25. The van der Waals surface area contributed by atoms with Gasteiger partial charge in [0.25, 0.3) is 0 Å². The van der Waals surface area contributed by atoms with Gasteiger partial charge in [-0.15, -0.1) is 0 Å². The molecule has 32 heavy (non-hydrogen) atoms. The van der Waals surface area contributed by atoms with Gasteiger partial charge in [-0.2, -0.15) is 0 Å². The van der Waals surface area contributed by atoms with Gasteiger partial charge in [0.15, 0.2) is 0 Å². The van der Waals surface area contributed by atoms with Crippen LogP contribution in [0, 0.1) is 0 Å². The molecule has 162 valence electrons. The molecule has 1 unspecified atom stereocenters. The molecule has 0 aliphatic rings. The van der Waals surface area contributed by atoms with Crippen LogP contribution in [0.25, 0.3) is 10.9 Å². The third-order valence-electron chi connectivity index (χ3n) is 5.11. The van der Waals surface area contributed by atoms with Crippen LogP contribution in [0.1, 0.15) is 16.7 Å². The first-order valence-corrected chi connectivity index (χ1v) is 11.4. The maximum absolute atomic E-state index is 13.1. The van der Waals surface area contributed by atoms with Crippen molar-refractivity contribution in [1.29, 1.82) is 0 Å². The van der Waals surface area contributed by atoms with Crippen molar-refractivity contribution in [1.82, 2.24) is 10.3 Å². The highest BCUT2D eigenvalue weighted by Gasteiger charge is 2.24. The minimum Gasteiger partial charge on any atom is -0.445 e. The predicted octanol–water partition coefficient (Wildman–Crippen LogP) is 5.47. The fourth-order valence-corrected chi connectivity index (χ4v) is 4.29. The summed E-state index contributed by atoms with van der Waals surface area (Å²) in [6.07, 6.45) is 1.67. The topological polar surface area (TPSA) is 71.2 Å². The molecule has 0 saturated carbocycles. The van der Waals surface area contributed by atoms with Gasteiger partial charge in [-0.25, -0.2) is 4.79 Å². The van der Waals surface area contributed by atoms with Crippen LogP contribution < -0.4 is 5.32 Å². The maximum atomic E-state index is 13.1. The number of amides is 1. The van der Waals surface area contributed by atoms with Gasteiger partial charge in [-0.05, 0) is 22.8 Å². The van der Waals surface area contributed by atoms with Crippen molar-refractivity contribution in [3.05, 3.63) is 108 Å². The number of thioether (sulfide) groups is 1. The third kappa shape index (κ3) is 5.80. The molecule has 0 bridgehead atoms. The average molecular weight is 445 g/mol. The van der Waals surface area contributed by atoms with Crippen LogP contribution in [0.2, 0.25) is 0 Å². The molecule has 0 aliphatic heterocycles. The molecule has 5 nitrogen and oxygen atoms in total. The molecule has 1 heterocycles. The van der Waals surface area contributed by atoms with Gasteiger partial charge in [-0.3, -0.25) is 4.79 Å². The number of carbonyl (C=O) groups excluding carboxylic acids is 2. The molecule has 4 rings (SSSR count). The molecule has 0 saturated heterocycles. The van der Waals surface area contributed by atoms with Crippen molar-refractivity contribution >= 4 is 33.9 Å². The van der Waals surface area contributed by atoms with E-state index >= 15 is 0 Å². The molecule has 0 radical (unpaired) electrons. The number of ether oxygens (including phenoxy) is 1. The van der Waals surface area contributed by atoms with Gasteiger partial charge in [0.1, 0.15) is 12.6 Å². The molecule has 0 fully saturated rings. The number of nitrogens with one attached hydrogen (secondary N) is 2. The quantitative estimate of drug-likeness (QED) is 0.378. The van der Waals surface area contributed by atoms with Gasteiger partial charge < -0.3 is 15.0 Å². The fourth-order valence-electron chi connectivity index (χ4n) is 3.45. The summed E-state index contributed by atoms with van der Waals surface area (Å²) in [7, 11) is 0. The molecule has 1 aromatic heterocycles. The summed E-state index contributed by atoms with van der Waals surface area (Å²) in [5.74, 6) is 0.546. The predicted molar refractivity (Wildman–Crippen MR) is 128 cm³/mol. The number of aromatic amines is 1. The number of hydrogen-bond donors (Lipinski definition) is 2. The normalized spacial score (nSPS) is 11.8. The zero-order valence-electron chi connectivity index (χ0n) is 17.5. The largest absolute Gasteiger partial charge is 0.445 e. The van der Waals surface area contributed by atoms with Crippen molar-refractivity contribution in [2.75, 3.05) is 0 Å². The fraction of sp³-hybridized carbons (Fsp3) is 0.154. The molecule has 1 atom stereocenters. The number of aromatic nitrogens is 1. The number of hydrogen-bond acceptors (Lipinski definition) is 4. The van der Waals surface area contributed by atoms with Crippen LogP contribution in [0.3, 0.4) is 0 Å². The Kier molecular flexibility index (Phi) is 7.25. The first-order chi connectivity index (χ1) is 15.7. The Hall–Kier alpha value is -3.51. The van der Waals surface area contributed by atoms with E-state index in [-0.39, 0.29) is 11.7 Å². The van der Waals surface area contributed by atoms with Crippen molar-refractivity contribution in [3.63, 3.8) is 0 Å². The second kappa shape index (κ2) is 10.7. The Morgan fingerprint density at radius 1 is 0.875 bits per heavy atom. The summed E-state index contributed by atoms with van der Waals surface area (Å²) in [4.78, 5) is 28.8. The number of rotatable bonds is 8. The van der Waals surface area contributed by atoms with E-state index in [1.165, 1.54) is 11.8 Å². The minimum absolute atomic E-state index is 0.101. The first kappa shape index (κ1) is 21.7. The van der Waals surface area contributed by atoms with E-state index in [2.05, 4.69) is 10.3 Å². The molecule has 2 N–H and O–H groups in total. The SMILES string of the molecule is O=C(NC(Cc1c[nH]c2ccccc12)C(=O)SCc1ccccc1)OCc1ccccc1. The number of H-pyrrole nitrogens is 1. The van der Waals surface area contributed by atoms with Crippen molar-refractivity contribution < 1.29 is 14.3 Å². The van der Waals surface area contributed by atoms with Crippen molar-refractivity contribution in [3.8, 4) is 0 Å². The molecule has 3 aromatic carbocycles. The first-order valence-electron chi connectivity index (χ1n) is 10.4. The van der Waals surface area contributed by atoms with E-state index in [4.69, 9.17) is 4.74 Å². The molecule has 0 spiro atoms. The summed E-state index contributed by atoms with van der Waals surface area (Å²) < 4.78 is 5.36. The lowest BCUT2D eigenvalue weighted by Gasteiger charge is -2.17. The number of carbonyl (C=O) groups is 2. The molecule has 6 heteroatoms. The third-order valence-corrected chi connectivity index (χ3v) is 6.16. The second-order valence-electron chi connectivity index (χ2n) is 7.42. The highest BCUT2D eigenvalue weighted by Crippen LogP contribution is 2.22. The van der Waals surface area contributed by atoms with Crippen molar-refractivity contribution in [2.24, 2.45) is 0 Å². The number of fused-ring (bicyclic) bond motifs is 1. The standard InChI is InChI=1S/C26H24N2O3S/c29-25(32-18-20-11-5-2-6-12-20)24(15-21-16-27-23-14-8-7-13-22(21)23)28-26(30)31-17-19-9-3-1-4-10-19/h1-14,16,24,27H,15,17-18H2,(H,28,30). The van der Waals surface area contributed by atoms with E-state index in [9.17, 15) is 9.59 Å².